The molecule has 168 valence electrons. The van der Waals surface area contributed by atoms with Crippen LogP contribution in [0.2, 0.25) is 5.02 Å². The normalized spacial score (nSPS) is 10.7. The number of fused-ring (bicyclic) bond motifs is 1. The van der Waals surface area contributed by atoms with Crippen LogP contribution in [-0.4, -0.2) is 22.3 Å². The van der Waals surface area contributed by atoms with E-state index in [0.717, 1.165) is 23.2 Å². The van der Waals surface area contributed by atoms with Crippen molar-refractivity contribution in [3.63, 3.8) is 0 Å². The Morgan fingerprint density at radius 1 is 0.750 bits per heavy atom. The lowest BCUT2D eigenvalue weighted by Crippen LogP contribution is -2.27. The van der Waals surface area contributed by atoms with Gasteiger partial charge in [0.15, 0.2) is 0 Å². The molecule has 3 aromatic carbocycles. The summed E-state index contributed by atoms with van der Waals surface area (Å²) in [5, 5.41) is 9.35. The van der Waals surface area contributed by atoms with Crippen LogP contribution in [0.3, 0.4) is 0 Å². The third kappa shape index (κ3) is 5.64. The van der Waals surface area contributed by atoms with Gasteiger partial charge < -0.3 is 18.6 Å². The molecule has 0 amide bonds. The molecule has 4 rings (SSSR count). The minimum absolute atomic E-state index is 0. The van der Waals surface area contributed by atoms with E-state index in [0.29, 0.717) is 42.7 Å². The highest BCUT2D eigenvalue weighted by atomic mass is 35.5. The Morgan fingerprint density at radius 3 is 1.91 bits per heavy atom. The highest BCUT2D eigenvalue weighted by Gasteiger charge is 2.10. The van der Waals surface area contributed by atoms with Crippen LogP contribution in [0.5, 0.6) is 11.5 Å². The maximum atomic E-state index is 13.0. The molecule has 0 fully saturated rings. The number of aryl methyl sites for hydroxylation is 1. The van der Waals surface area contributed by atoms with Crippen molar-refractivity contribution in [1.29, 1.82) is 5.41 Å². The SMILES string of the molecule is Cl.N=c1n(CCCOc2ccc(Cl)cc2)c2ccccc2n1CCOc1ccc(F)cc1. The minimum atomic E-state index is -0.293. The van der Waals surface area contributed by atoms with Gasteiger partial charge >= 0.3 is 0 Å². The Balaban J connectivity index is 0.00000289. The first-order valence-electron chi connectivity index (χ1n) is 10.1. The fourth-order valence-corrected chi connectivity index (χ4v) is 3.60. The summed E-state index contributed by atoms with van der Waals surface area (Å²) in [5.74, 6) is 1.09. The Morgan fingerprint density at radius 2 is 1.28 bits per heavy atom. The van der Waals surface area contributed by atoms with Crippen molar-refractivity contribution in [2.75, 3.05) is 13.2 Å². The molecule has 4 aromatic rings. The van der Waals surface area contributed by atoms with Crippen LogP contribution in [-0.2, 0) is 13.1 Å². The van der Waals surface area contributed by atoms with Crippen LogP contribution in [0.25, 0.3) is 11.0 Å². The number of rotatable bonds is 9. The number of imidazole rings is 1. The van der Waals surface area contributed by atoms with Crippen molar-refractivity contribution in [3.05, 3.63) is 89.3 Å². The van der Waals surface area contributed by atoms with E-state index in [9.17, 15) is 4.39 Å². The summed E-state index contributed by atoms with van der Waals surface area (Å²) >= 11 is 5.90. The molecule has 32 heavy (non-hydrogen) atoms. The van der Waals surface area contributed by atoms with Gasteiger partial charge in [0.2, 0.25) is 5.62 Å². The maximum Gasteiger partial charge on any atom is 0.203 e. The summed E-state index contributed by atoms with van der Waals surface area (Å²) in [6, 6.07) is 21.2. The van der Waals surface area contributed by atoms with Gasteiger partial charge in [-0.1, -0.05) is 23.7 Å². The summed E-state index contributed by atoms with van der Waals surface area (Å²) in [7, 11) is 0. The van der Waals surface area contributed by atoms with E-state index in [1.807, 2.05) is 45.5 Å². The maximum absolute atomic E-state index is 13.0. The van der Waals surface area contributed by atoms with E-state index in [2.05, 4.69) is 0 Å². The standard InChI is InChI=1S/C24H23ClFN3O2.ClH/c25-18-6-10-20(11-7-18)30-16-3-14-28-22-4-1-2-5-23(22)29(24(28)27)15-17-31-21-12-8-19(26)9-13-21;/h1-2,4-13,27H,3,14-17H2;1H. The Kier molecular flexibility index (Phi) is 8.20. The number of hydrogen-bond donors (Lipinski definition) is 1. The van der Waals surface area contributed by atoms with Gasteiger partial charge in [0, 0.05) is 11.6 Å². The van der Waals surface area contributed by atoms with E-state index in [1.54, 1.807) is 24.3 Å². The summed E-state index contributed by atoms with van der Waals surface area (Å²) in [6.45, 7) is 2.11. The molecule has 0 spiro atoms. The number of aromatic nitrogens is 2. The summed E-state index contributed by atoms with van der Waals surface area (Å²) in [4.78, 5) is 0. The number of nitrogens with one attached hydrogen (secondary N) is 1. The van der Waals surface area contributed by atoms with Gasteiger partial charge in [-0.2, -0.15) is 0 Å². The molecule has 8 heteroatoms. The molecule has 0 aliphatic rings. The molecule has 1 aromatic heterocycles. The molecular weight excluding hydrogens is 452 g/mol. The second-order valence-electron chi connectivity index (χ2n) is 7.07. The number of para-hydroxylation sites is 2. The summed E-state index contributed by atoms with van der Waals surface area (Å²) < 4.78 is 28.5. The van der Waals surface area contributed by atoms with Gasteiger partial charge in [-0.05, 0) is 67.1 Å². The lowest BCUT2D eigenvalue weighted by molar-refractivity contribution is 0.292. The number of benzene rings is 3. The van der Waals surface area contributed by atoms with Gasteiger partial charge in [-0.25, -0.2) is 4.39 Å². The number of nitrogens with zero attached hydrogens (tertiary/aromatic N) is 2. The van der Waals surface area contributed by atoms with Crippen molar-refractivity contribution < 1.29 is 13.9 Å². The Bertz CT molecular complexity index is 1200. The third-order valence-corrected chi connectivity index (χ3v) is 5.23. The Hall–Kier alpha value is -2.96. The van der Waals surface area contributed by atoms with Gasteiger partial charge in [0.1, 0.15) is 23.9 Å². The highest BCUT2D eigenvalue weighted by Crippen LogP contribution is 2.17. The number of hydrogen-bond acceptors (Lipinski definition) is 3. The second-order valence-corrected chi connectivity index (χ2v) is 7.51. The van der Waals surface area contributed by atoms with Crippen molar-refractivity contribution in [2.24, 2.45) is 0 Å². The first kappa shape index (κ1) is 23.7. The van der Waals surface area contributed by atoms with Crippen LogP contribution in [0.15, 0.2) is 72.8 Å². The van der Waals surface area contributed by atoms with E-state index >= 15 is 0 Å². The van der Waals surface area contributed by atoms with Crippen molar-refractivity contribution in [1.82, 2.24) is 9.13 Å². The van der Waals surface area contributed by atoms with Crippen LogP contribution in [0.4, 0.5) is 4.39 Å². The zero-order chi connectivity index (χ0) is 21.6. The fraction of sp³-hybridized carbons (Fsp3) is 0.208. The second kappa shape index (κ2) is 11.1. The third-order valence-electron chi connectivity index (χ3n) is 4.98. The molecule has 0 aliphatic heterocycles. The smallest absolute Gasteiger partial charge is 0.203 e. The van der Waals surface area contributed by atoms with Crippen LogP contribution >= 0.6 is 24.0 Å². The molecule has 1 heterocycles. The first-order chi connectivity index (χ1) is 15.1. The monoisotopic (exact) mass is 475 g/mol. The Labute approximate surface area is 196 Å². The first-order valence-corrected chi connectivity index (χ1v) is 10.5. The molecule has 0 saturated heterocycles. The van der Waals surface area contributed by atoms with Gasteiger partial charge in [0.05, 0.1) is 24.2 Å². The van der Waals surface area contributed by atoms with E-state index in [1.165, 1.54) is 12.1 Å². The van der Waals surface area contributed by atoms with Crippen molar-refractivity contribution >= 4 is 35.0 Å². The molecule has 0 atom stereocenters. The van der Waals surface area contributed by atoms with E-state index < -0.39 is 0 Å². The quantitative estimate of drug-likeness (QED) is 0.316. The van der Waals surface area contributed by atoms with Crippen molar-refractivity contribution in [3.8, 4) is 11.5 Å². The number of ether oxygens (including phenoxy) is 2. The van der Waals surface area contributed by atoms with Gasteiger partial charge in [-0.3, -0.25) is 5.41 Å². The molecule has 0 aliphatic carbocycles. The molecule has 0 saturated carbocycles. The predicted molar refractivity (Wildman–Crippen MR) is 126 cm³/mol. The van der Waals surface area contributed by atoms with Gasteiger partial charge in [0.25, 0.3) is 0 Å². The molecule has 0 bridgehead atoms. The molecule has 0 unspecified atom stereocenters. The van der Waals surface area contributed by atoms with Crippen LogP contribution in [0, 0.1) is 11.2 Å². The van der Waals surface area contributed by atoms with Crippen LogP contribution < -0.4 is 15.1 Å². The van der Waals surface area contributed by atoms with E-state index in [-0.39, 0.29) is 18.2 Å². The summed E-state index contributed by atoms with van der Waals surface area (Å²) in [6.07, 6.45) is 0.763. The molecular formula is C24H24Cl2FN3O2. The average Bonchev–Trinajstić information content (AvgIpc) is 3.05. The average molecular weight is 476 g/mol. The lowest BCUT2D eigenvalue weighted by Gasteiger charge is -2.08. The van der Waals surface area contributed by atoms with E-state index in [4.69, 9.17) is 26.5 Å². The van der Waals surface area contributed by atoms with Gasteiger partial charge in [-0.15, -0.1) is 12.4 Å². The number of halogens is 3. The zero-order valence-corrected chi connectivity index (χ0v) is 18.9. The van der Waals surface area contributed by atoms with Crippen LogP contribution in [0.1, 0.15) is 6.42 Å². The van der Waals surface area contributed by atoms with Crippen molar-refractivity contribution in [2.45, 2.75) is 19.5 Å². The molecule has 1 N–H and O–H groups in total. The summed E-state index contributed by atoms with van der Waals surface area (Å²) in [5.41, 5.74) is 2.39. The zero-order valence-electron chi connectivity index (χ0n) is 17.3. The topological polar surface area (TPSA) is 52.2 Å². The predicted octanol–water partition coefficient (Wildman–Crippen LogP) is 5.68. The lowest BCUT2D eigenvalue weighted by atomic mass is 10.3. The minimum Gasteiger partial charge on any atom is -0.494 e. The largest absolute Gasteiger partial charge is 0.494 e. The fourth-order valence-electron chi connectivity index (χ4n) is 3.48. The molecule has 5 nitrogen and oxygen atoms in total. The highest BCUT2D eigenvalue weighted by molar-refractivity contribution is 6.30. The molecule has 0 radical (unpaired) electrons.